The Hall–Kier alpha value is -2.98. The van der Waals surface area contributed by atoms with E-state index in [1.165, 1.54) is 4.90 Å². The average Bonchev–Trinajstić information content (AvgIpc) is 3.07. The van der Waals surface area contributed by atoms with Gasteiger partial charge in [-0.25, -0.2) is 15.8 Å². The number of carbonyl (C=O) groups excluding carboxylic acids is 3. The molecule has 1 aromatic heterocycles. The third-order valence-corrected chi connectivity index (χ3v) is 5.52. The number of aromatic nitrogens is 1. The summed E-state index contributed by atoms with van der Waals surface area (Å²) >= 11 is 3.30. The van der Waals surface area contributed by atoms with Crippen molar-refractivity contribution in [2.24, 2.45) is 5.84 Å². The molecule has 164 valence electrons. The van der Waals surface area contributed by atoms with Crippen molar-refractivity contribution < 1.29 is 14.4 Å². The van der Waals surface area contributed by atoms with Crippen molar-refractivity contribution in [2.45, 2.75) is 33.2 Å². The first-order valence-electron chi connectivity index (χ1n) is 9.85. The van der Waals surface area contributed by atoms with Crippen molar-refractivity contribution in [3.63, 3.8) is 0 Å². The van der Waals surface area contributed by atoms with E-state index >= 15 is 0 Å². The topological polar surface area (TPSA) is 112 Å². The lowest BCUT2D eigenvalue weighted by Gasteiger charge is -2.36. The normalized spacial score (nSPS) is 17.7. The third-order valence-electron chi connectivity index (χ3n) is 5.06. The van der Waals surface area contributed by atoms with Gasteiger partial charge in [-0.05, 0) is 54.4 Å². The number of hydrazine groups is 1. The van der Waals surface area contributed by atoms with Gasteiger partial charge in [0.05, 0.1) is 12.1 Å². The van der Waals surface area contributed by atoms with Crippen LogP contribution in [0.4, 0.5) is 5.82 Å². The average molecular weight is 489 g/mol. The predicted octanol–water partition coefficient (Wildman–Crippen LogP) is 2.11. The molecule has 3 N–H and O–H groups in total. The molecule has 0 fully saturated rings. The highest BCUT2D eigenvalue weighted by Crippen LogP contribution is 2.33. The van der Waals surface area contributed by atoms with Crippen LogP contribution in [0.25, 0.3) is 0 Å². The van der Waals surface area contributed by atoms with Gasteiger partial charge >= 0.3 is 0 Å². The maximum Gasteiger partial charge on any atom is 0.273 e. The molecule has 3 amide bonds. The van der Waals surface area contributed by atoms with E-state index in [2.05, 4.69) is 32.8 Å². The van der Waals surface area contributed by atoms with Crippen molar-refractivity contribution in [2.75, 3.05) is 18.4 Å². The van der Waals surface area contributed by atoms with Crippen LogP contribution in [0.2, 0.25) is 0 Å². The number of hydrogen-bond donors (Lipinski definition) is 2. The summed E-state index contributed by atoms with van der Waals surface area (Å²) in [6.45, 7) is 9.51. The highest BCUT2D eigenvalue weighted by Gasteiger charge is 2.45. The van der Waals surface area contributed by atoms with E-state index < -0.39 is 11.8 Å². The van der Waals surface area contributed by atoms with Gasteiger partial charge in [0.15, 0.2) is 0 Å². The standard InChI is InChI=1S/C21H25BrN6O3/c1-5-13(4)8-18-27(11-17(29)25-16-7-6-14(22)9-24-16)19-15(20(30)28(18)23)10-26(12(2)3)21(19)31/h6-9,12H,4-5,10-11,23H2,1-3H3,(H,24,25,29)/b18-8-. The van der Waals surface area contributed by atoms with E-state index in [1.54, 1.807) is 29.3 Å². The van der Waals surface area contributed by atoms with Crippen LogP contribution >= 0.6 is 15.9 Å². The van der Waals surface area contributed by atoms with Gasteiger partial charge in [-0.2, -0.15) is 0 Å². The van der Waals surface area contributed by atoms with E-state index in [-0.39, 0.29) is 42.1 Å². The first-order valence-corrected chi connectivity index (χ1v) is 10.6. The van der Waals surface area contributed by atoms with Gasteiger partial charge in [-0.15, -0.1) is 0 Å². The minimum Gasteiger partial charge on any atom is -0.330 e. The maximum atomic E-state index is 13.1. The molecule has 31 heavy (non-hydrogen) atoms. The van der Waals surface area contributed by atoms with Crippen LogP contribution in [0, 0.1) is 0 Å². The molecule has 3 rings (SSSR count). The van der Waals surface area contributed by atoms with Crippen LogP contribution in [0.3, 0.4) is 0 Å². The molecule has 3 heterocycles. The largest absolute Gasteiger partial charge is 0.330 e. The second kappa shape index (κ2) is 9.03. The van der Waals surface area contributed by atoms with Gasteiger partial charge in [0, 0.05) is 16.7 Å². The number of pyridine rings is 1. The summed E-state index contributed by atoms with van der Waals surface area (Å²) in [4.78, 5) is 46.1. The zero-order valence-corrected chi connectivity index (χ0v) is 19.3. The van der Waals surface area contributed by atoms with E-state index in [0.717, 1.165) is 9.48 Å². The molecule has 10 heteroatoms. The van der Waals surface area contributed by atoms with Crippen LogP contribution in [-0.4, -0.2) is 56.6 Å². The zero-order valence-electron chi connectivity index (χ0n) is 17.7. The van der Waals surface area contributed by atoms with Gasteiger partial charge in [0.1, 0.15) is 23.9 Å². The molecule has 0 unspecified atom stereocenters. The van der Waals surface area contributed by atoms with Crippen molar-refractivity contribution in [3.8, 4) is 0 Å². The number of rotatable bonds is 6. The van der Waals surface area contributed by atoms with E-state index in [4.69, 9.17) is 5.84 Å². The van der Waals surface area contributed by atoms with Crippen molar-refractivity contribution in [1.29, 1.82) is 0 Å². The van der Waals surface area contributed by atoms with Gasteiger partial charge in [-0.3, -0.25) is 14.4 Å². The number of nitrogens with zero attached hydrogens (tertiary/aromatic N) is 4. The summed E-state index contributed by atoms with van der Waals surface area (Å²) in [5, 5.41) is 3.68. The second-order valence-corrected chi connectivity index (χ2v) is 8.46. The molecule has 0 spiro atoms. The van der Waals surface area contributed by atoms with Crippen LogP contribution in [0.1, 0.15) is 27.2 Å². The molecule has 0 saturated heterocycles. The fraction of sp³-hybridized carbons (Fsp3) is 0.333. The van der Waals surface area contributed by atoms with Gasteiger partial charge in [0.25, 0.3) is 11.8 Å². The molecule has 0 aromatic carbocycles. The number of halogens is 1. The lowest BCUT2D eigenvalue weighted by atomic mass is 10.1. The summed E-state index contributed by atoms with van der Waals surface area (Å²) < 4.78 is 0.780. The number of carbonyl (C=O) groups is 3. The number of hydrogen-bond acceptors (Lipinski definition) is 6. The van der Waals surface area contributed by atoms with Crippen LogP contribution in [0.15, 0.2) is 58.1 Å². The molecule has 0 bridgehead atoms. The van der Waals surface area contributed by atoms with Crippen LogP contribution < -0.4 is 11.2 Å². The van der Waals surface area contributed by atoms with Crippen molar-refractivity contribution in [1.82, 2.24) is 19.8 Å². The van der Waals surface area contributed by atoms with E-state index in [1.807, 2.05) is 20.8 Å². The number of nitrogens with one attached hydrogen (secondary N) is 1. The Kier molecular flexibility index (Phi) is 6.61. The van der Waals surface area contributed by atoms with Crippen LogP contribution in [-0.2, 0) is 14.4 Å². The van der Waals surface area contributed by atoms with E-state index in [0.29, 0.717) is 17.8 Å². The van der Waals surface area contributed by atoms with Crippen molar-refractivity contribution in [3.05, 3.63) is 58.1 Å². The molecule has 1 aromatic rings. The molecular formula is C21H25BrN6O3. The molecule has 0 atom stereocenters. The minimum atomic E-state index is -0.465. The Morgan fingerprint density at radius 2 is 2.06 bits per heavy atom. The molecule has 9 nitrogen and oxygen atoms in total. The molecule has 0 radical (unpaired) electrons. The minimum absolute atomic E-state index is 0.113. The highest BCUT2D eigenvalue weighted by atomic mass is 79.9. The van der Waals surface area contributed by atoms with Gasteiger partial charge in [0.2, 0.25) is 5.91 Å². The quantitative estimate of drug-likeness (QED) is 0.468. The lowest BCUT2D eigenvalue weighted by molar-refractivity contribution is -0.131. The zero-order chi connectivity index (χ0) is 22.9. The summed E-state index contributed by atoms with van der Waals surface area (Å²) in [7, 11) is 0. The Labute approximate surface area is 189 Å². The first kappa shape index (κ1) is 22.7. The monoisotopic (exact) mass is 488 g/mol. The highest BCUT2D eigenvalue weighted by molar-refractivity contribution is 9.10. The SMILES string of the molecule is C=C(/C=C1\N(N)C(=O)C2=C(C(=O)N(C(C)C)C2)N1CC(=O)Nc1ccc(Br)cn1)CC. The summed E-state index contributed by atoms with van der Waals surface area (Å²) in [6, 6.07) is 3.29. The summed E-state index contributed by atoms with van der Waals surface area (Å²) in [6.07, 6.45) is 3.81. The Morgan fingerprint density at radius 3 is 2.65 bits per heavy atom. The summed E-state index contributed by atoms with van der Waals surface area (Å²) in [5.41, 5.74) is 1.15. The fourth-order valence-electron chi connectivity index (χ4n) is 3.31. The number of allylic oxidation sites excluding steroid dienone is 2. The molecular weight excluding hydrogens is 464 g/mol. The van der Waals surface area contributed by atoms with Crippen LogP contribution in [0.5, 0.6) is 0 Å². The molecule has 0 aliphatic carbocycles. The van der Waals surface area contributed by atoms with Gasteiger partial charge in [-0.1, -0.05) is 19.1 Å². The molecule has 0 saturated carbocycles. The lowest BCUT2D eigenvalue weighted by Crippen LogP contribution is -2.51. The predicted molar refractivity (Wildman–Crippen MR) is 120 cm³/mol. The Balaban J connectivity index is 1.98. The van der Waals surface area contributed by atoms with E-state index in [9.17, 15) is 14.4 Å². The number of nitrogens with two attached hydrogens (primary N) is 1. The number of anilines is 1. The maximum absolute atomic E-state index is 13.1. The Bertz CT molecular complexity index is 999. The first-order chi connectivity index (χ1) is 14.6. The fourth-order valence-corrected chi connectivity index (χ4v) is 3.54. The molecule has 2 aliphatic rings. The summed E-state index contributed by atoms with van der Waals surface area (Å²) in [5.74, 6) is 5.51. The third kappa shape index (κ3) is 4.54. The molecule has 2 aliphatic heterocycles. The van der Waals surface area contributed by atoms with Gasteiger partial charge < -0.3 is 15.1 Å². The second-order valence-electron chi connectivity index (χ2n) is 7.54. The number of amides is 3. The smallest absolute Gasteiger partial charge is 0.273 e. The van der Waals surface area contributed by atoms with Crippen molar-refractivity contribution >= 4 is 39.5 Å². The Morgan fingerprint density at radius 1 is 1.35 bits per heavy atom.